The second kappa shape index (κ2) is 7.43. The molecule has 0 radical (unpaired) electrons. The molecule has 7 nitrogen and oxygen atoms in total. The first-order chi connectivity index (χ1) is 12.1. The van der Waals surface area contributed by atoms with E-state index in [-0.39, 0.29) is 30.0 Å². The summed E-state index contributed by atoms with van der Waals surface area (Å²) in [4.78, 5) is 39.9. The lowest BCUT2D eigenvalue weighted by Crippen LogP contribution is -2.23. The summed E-state index contributed by atoms with van der Waals surface area (Å²) in [5, 5.41) is 2.29. The molecular formula is C17H17N3O4S. The second-order valence-corrected chi connectivity index (χ2v) is 6.35. The zero-order chi connectivity index (χ0) is 17.8. The molecule has 0 saturated carbocycles. The quantitative estimate of drug-likeness (QED) is 0.624. The van der Waals surface area contributed by atoms with E-state index in [0.717, 1.165) is 17.0 Å². The van der Waals surface area contributed by atoms with E-state index in [2.05, 4.69) is 4.98 Å². The van der Waals surface area contributed by atoms with E-state index in [1.165, 1.54) is 10.9 Å². The van der Waals surface area contributed by atoms with E-state index in [0.29, 0.717) is 17.4 Å². The zero-order valence-electron chi connectivity index (χ0n) is 13.7. The van der Waals surface area contributed by atoms with E-state index < -0.39 is 5.97 Å². The predicted molar refractivity (Wildman–Crippen MR) is 94.9 cm³/mol. The SMILES string of the molecule is Cc1csc(=O)n1CCOC(=O)CCn1cnc2ccccc2c1=O. The summed E-state index contributed by atoms with van der Waals surface area (Å²) in [6.45, 7) is 2.49. The van der Waals surface area contributed by atoms with Crippen LogP contribution in [0, 0.1) is 6.92 Å². The molecular weight excluding hydrogens is 342 g/mol. The van der Waals surface area contributed by atoms with Gasteiger partial charge in [-0.2, -0.15) is 0 Å². The van der Waals surface area contributed by atoms with Gasteiger partial charge in [0.05, 0.1) is 30.2 Å². The number of carbonyl (C=O) groups is 1. The van der Waals surface area contributed by atoms with Crippen molar-refractivity contribution in [3.05, 3.63) is 61.7 Å². The normalized spacial score (nSPS) is 10.9. The van der Waals surface area contributed by atoms with Gasteiger partial charge < -0.3 is 4.74 Å². The summed E-state index contributed by atoms with van der Waals surface area (Å²) in [7, 11) is 0. The smallest absolute Gasteiger partial charge is 0.307 e. The molecule has 0 bridgehead atoms. The Hall–Kier alpha value is -2.74. The molecule has 130 valence electrons. The van der Waals surface area contributed by atoms with Crippen LogP contribution in [0.4, 0.5) is 0 Å². The molecule has 0 aliphatic rings. The zero-order valence-corrected chi connectivity index (χ0v) is 14.5. The van der Waals surface area contributed by atoms with E-state index >= 15 is 0 Å². The molecule has 2 heterocycles. The van der Waals surface area contributed by atoms with Gasteiger partial charge in [0.25, 0.3) is 5.56 Å². The van der Waals surface area contributed by atoms with Crippen LogP contribution in [0.5, 0.6) is 0 Å². The fraction of sp³-hybridized carbons (Fsp3) is 0.294. The van der Waals surface area contributed by atoms with Crippen LogP contribution >= 0.6 is 11.3 Å². The average Bonchev–Trinajstić information content (AvgIpc) is 2.93. The second-order valence-electron chi connectivity index (χ2n) is 5.53. The highest BCUT2D eigenvalue weighted by molar-refractivity contribution is 7.07. The molecule has 3 aromatic rings. The number of esters is 1. The minimum Gasteiger partial charge on any atom is -0.464 e. The number of hydrogen-bond acceptors (Lipinski definition) is 6. The summed E-state index contributed by atoms with van der Waals surface area (Å²) in [6, 6.07) is 7.07. The number of carbonyl (C=O) groups excluding carboxylic acids is 1. The summed E-state index contributed by atoms with van der Waals surface area (Å²) < 4.78 is 8.11. The number of ether oxygens (including phenoxy) is 1. The number of hydrogen-bond donors (Lipinski definition) is 0. The number of aryl methyl sites for hydroxylation is 2. The van der Waals surface area contributed by atoms with Crippen LogP contribution in [-0.2, 0) is 22.6 Å². The third-order valence-corrected chi connectivity index (χ3v) is 4.72. The maximum absolute atomic E-state index is 12.3. The van der Waals surface area contributed by atoms with Crippen molar-refractivity contribution >= 4 is 28.2 Å². The largest absolute Gasteiger partial charge is 0.464 e. The fourth-order valence-corrected chi connectivity index (χ4v) is 3.24. The Balaban J connectivity index is 1.55. The van der Waals surface area contributed by atoms with Crippen molar-refractivity contribution in [2.24, 2.45) is 0 Å². The molecule has 0 saturated heterocycles. The molecule has 2 aromatic heterocycles. The van der Waals surface area contributed by atoms with E-state index in [4.69, 9.17) is 4.74 Å². The van der Waals surface area contributed by atoms with Gasteiger partial charge in [-0.15, -0.1) is 0 Å². The Kier molecular flexibility index (Phi) is 5.08. The van der Waals surface area contributed by atoms with Crippen LogP contribution in [-0.4, -0.2) is 26.7 Å². The number of para-hydroxylation sites is 1. The lowest BCUT2D eigenvalue weighted by Gasteiger charge is -2.08. The lowest BCUT2D eigenvalue weighted by molar-refractivity contribution is -0.144. The first kappa shape index (κ1) is 17.1. The Bertz CT molecular complexity index is 1020. The van der Waals surface area contributed by atoms with Gasteiger partial charge in [0.15, 0.2) is 0 Å². The molecule has 0 unspecified atom stereocenters. The first-order valence-corrected chi connectivity index (χ1v) is 8.69. The van der Waals surface area contributed by atoms with Crippen molar-refractivity contribution in [3.63, 3.8) is 0 Å². The average molecular weight is 359 g/mol. The summed E-state index contributed by atoms with van der Waals surface area (Å²) in [5.74, 6) is -0.416. The maximum Gasteiger partial charge on any atom is 0.307 e. The Labute approximate surface area is 147 Å². The molecule has 0 aliphatic heterocycles. The van der Waals surface area contributed by atoms with Crippen LogP contribution in [0.1, 0.15) is 12.1 Å². The van der Waals surface area contributed by atoms with Gasteiger partial charge in [0.2, 0.25) is 0 Å². The van der Waals surface area contributed by atoms with Crippen molar-refractivity contribution in [3.8, 4) is 0 Å². The number of nitrogens with zero attached hydrogens (tertiary/aromatic N) is 3. The number of benzene rings is 1. The number of rotatable bonds is 6. The first-order valence-electron chi connectivity index (χ1n) is 7.81. The van der Waals surface area contributed by atoms with Crippen LogP contribution in [0.3, 0.4) is 0 Å². The molecule has 0 fully saturated rings. The highest BCUT2D eigenvalue weighted by Crippen LogP contribution is 2.05. The van der Waals surface area contributed by atoms with Crippen LogP contribution in [0.2, 0.25) is 0 Å². The monoisotopic (exact) mass is 359 g/mol. The molecule has 0 N–H and O–H groups in total. The van der Waals surface area contributed by atoms with E-state index in [1.807, 2.05) is 13.0 Å². The van der Waals surface area contributed by atoms with Gasteiger partial charge in [-0.1, -0.05) is 23.5 Å². The minimum atomic E-state index is -0.416. The van der Waals surface area contributed by atoms with Crippen molar-refractivity contribution in [1.29, 1.82) is 0 Å². The Morgan fingerprint density at radius 2 is 2.04 bits per heavy atom. The Morgan fingerprint density at radius 1 is 1.24 bits per heavy atom. The molecule has 8 heteroatoms. The van der Waals surface area contributed by atoms with Crippen molar-refractivity contribution in [1.82, 2.24) is 14.1 Å². The van der Waals surface area contributed by atoms with Crippen molar-refractivity contribution in [2.75, 3.05) is 6.61 Å². The molecule has 1 aromatic carbocycles. The topological polar surface area (TPSA) is 83.2 Å². The summed E-state index contributed by atoms with van der Waals surface area (Å²) in [6.07, 6.45) is 1.50. The number of fused-ring (bicyclic) bond motifs is 1. The minimum absolute atomic E-state index is 0.0669. The van der Waals surface area contributed by atoms with E-state index in [9.17, 15) is 14.4 Å². The van der Waals surface area contributed by atoms with Gasteiger partial charge in [0, 0.05) is 17.6 Å². The third-order valence-electron chi connectivity index (χ3n) is 3.84. The molecule has 0 aliphatic carbocycles. The number of thiazole rings is 1. The van der Waals surface area contributed by atoms with Crippen molar-refractivity contribution in [2.45, 2.75) is 26.4 Å². The van der Waals surface area contributed by atoms with Crippen LogP contribution < -0.4 is 10.4 Å². The fourth-order valence-electron chi connectivity index (χ4n) is 2.47. The number of aromatic nitrogens is 3. The summed E-state index contributed by atoms with van der Waals surface area (Å²) >= 11 is 1.12. The van der Waals surface area contributed by atoms with E-state index in [1.54, 1.807) is 28.1 Å². The molecule has 0 atom stereocenters. The molecule has 0 spiro atoms. The molecule has 0 amide bonds. The third kappa shape index (κ3) is 3.85. The van der Waals surface area contributed by atoms with Gasteiger partial charge in [0.1, 0.15) is 6.61 Å². The van der Waals surface area contributed by atoms with Gasteiger partial charge >= 0.3 is 10.8 Å². The predicted octanol–water partition coefficient (Wildman–Crippen LogP) is 1.56. The standard InChI is InChI=1S/C17H17N3O4S/c1-12-10-25-17(23)20(12)8-9-24-15(21)6-7-19-11-18-14-5-3-2-4-13(14)16(19)22/h2-5,10-11H,6-9H2,1H3. The van der Waals surface area contributed by atoms with Gasteiger partial charge in [-0.3, -0.25) is 23.5 Å². The van der Waals surface area contributed by atoms with Gasteiger partial charge in [-0.05, 0) is 19.1 Å². The highest BCUT2D eigenvalue weighted by atomic mass is 32.1. The molecule has 3 rings (SSSR count). The lowest BCUT2D eigenvalue weighted by atomic mass is 10.2. The highest BCUT2D eigenvalue weighted by Gasteiger charge is 2.08. The maximum atomic E-state index is 12.3. The van der Waals surface area contributed by atoms with Gasteiger partial charge in [-0.25, -0.2) is 4.98 Å². The molecule has 25 heavy (non-hydrogen) atoms. The Morgan fingerprint density at radius 3 is 2.80 bits per heavy atom. The summed E-state index contributed by atoms with van der Waals surface area (Å²) in [5.41, 5.74) is 1.29. The van der Waals surface area contributed by atoms with Crippen molar-refractivity contribution < 1.29 is 9.53 Å². The van der Waals surface area contributed by atoms with Crippen LogP contribution in [0.15, 0.2) is 45.6 Å². The van der Waals surface area contributed by atoms with Crippen LogP contribution in [0.25, 0.3) is 10.9 Å².